The van der Waals surface area contributed by atoms with Crippen molar-refractivity contribution in [2.24, 2.45) is 5.92 Å². The van der Waals surface area contributed by atoms with Crippen LogP contribution in [0.5, 0.6) is 5.75 Å². The first-order valence-corrected chi connectivity index (χ1v) is 6.42. The van der Waals surface area contributed by atoms with E-state index in [0.717, 1.165) is 12.8 Å². The third-order valence-corrected chi connectivity index (χ3v) is 3.62. The Morgan fingerprint density at radius 1 is 1.35 bits per heavy atom. The normalized spacial score (nSPS) is 24.6. The second-order valence-electron chi connectivity index (χ2n) is 4.79. The number of hydrogen-bond acceptors (Lipinski definition) is 2. The molecular formula is C14H20FNO. The molecule has 1 aliphatic carbocycles. The second kappa shape index (κ2) is 5.39. The Morgan fingerprint density at radius 3 is 2.82 bits per heavy atom. The largest absolute Gasteiger partial charge is 0.490 e. The highest BCUT2D eigenvalue weighted by molar-refractivity contribution is 5.43. The van der Waals surface area contributed by atoms with Crippen LogP contribution in [-0.2, 0) is 0 Å². The number of nitrogen functional groups attached to an aromatic ring is 1. The van der Waals surface area contributed by atoms with E-state index in [-0.39, 0.29) is 11.8 Å². The van der Waals surface area contributed by atoms with Crippen LogP contribution in [0.25, 0.3) is 0 Å². The lowest BCUT2D eigenvalue weighted by Crippen LogP contribution is -2.29. The predicted molar refractivity (Wildman–Crippen MR) is 67.5 cm³/mol. The standard InChI is InChI=1S/C14H20FNO/c1-2-10-5-3-4-6-14(10)17-11-7-8-13(16)12(15)9-11/h7-10,14H,2-6,16H2,1H3. The van der Waals surface area contributed by atoms with Gasteiger partial charge in [0.1, 0.15) is 17.7 Å². The van der Waals surface area contributed by atoms with Crippen LogP contribution in [0.1, 0.15) is 39.0 Å². The van der Waals surface area contributed by atoms with E-state index in [4.69, 9.17) is 10.5 Å². The third-order valence-electron chi connectivity index (χ3n) is 3.62. The Hall–Kier alpha value is -1.25. The molecule has 2 atom stereocenters. The summed E-state index contributed by atoms with van der Waals surface area (Å²) >= 11 is 0. The van der Waals surface area contributed by atoms with Crippen LogP contribution in [0.4, 0.5) is 10.1 Å². The number of halogens is 1. The molecule has 1 aliphatic rings. The first-order chi connectivity index (χ1) is 8.20. The summed E-state index contributed by atoms with van der Waals surface area (Å²) in [5.74, 6) is 0.803. The molecule has 2 unspecified atom stereocenters. The van der Waals surface area contributed by atoms with Gasteiger partial charge in [0.15, 0.2) is 0 Å². The van der Waals surface area contributed by atoms with Crippen LogP contribution in [0.3, 0.4) is 0 Å². The molecule has 0 bridgehead atoms. The molecule has 0 spiro atoms. The Bertz CT molecular complexity index is 380. The maximum atomic E-state index is 13.3. The van der Waals surface area contributed by atoms with E-state index in [2.05, 4.69) is 6.92 Å². The number of hydrogen-bond donors (Lipinski definition) is 1. The SMILES string of the molecule is CCC1CCCCC1Oc1ccc(N)c(F)c1. The van der Waals surface area contributed by atoms with Gasteiger partial charge in [-0.15, -0.1) is 0 Å². The van der Waals surface area contributed by atoms with Crippen molar-refractivity contribution < 1.29 is 9.13 Å². The van der Waals surface area contributed by atoms with Crippen LogP contribution in [0.15, 0.2) is 18.2 Å². The fraction of sp³-hybridized carbons (Fsp3) is 0.571. The maximum Gasteiger partial charge on any atom is 0.149 e. The van der Waals surface area contributed by atoms with Crippen molar-refractivity contribution in [2.45, 2.75) is 45.1 Å². The van der Waals surface area contributed by atoms with Crippen molar-refractivity contribution in [3.8, 4) is 5.75 Å². The molecular weight excluding hydrogens is 217 g/mol. The lowest BCUT2D eigenvalue weighted by atomic mass is 9.85. The Balaban J connectivity index is 2.05. The fourth-order valence-corrected chi connectivity index (χ4v) is 2.55. The Kier molecular flexibility index (Phi) is 3.87. The minimum Gasteiger partial charge on any atom is -0.490 e. The molecule has 0 saturated heterocycles. The highest BCUT2D eigenvalue weighted by Gasteiger charge is 2.25. The summed E-state index contributed by atoms with van der Waals surface area (Å²) in [7, 11) is 0. The number of anilines is 1. The minimum absolute atomic E-state index is 0.174. The second-order valence-corrected chi connectivity index (χ2v) is 4.79. The summed E-state index contributed by atoms with van der Waals surface area (Å²) in [6.45, 7) is 2.19. The number of ether oxygens (including phenoxy) is 1. The highest BCUT2D eigenvalue weighted by Crippen LogP contribution is 2.31. The Labute approximate surface area is 102 Å². The highest BCUT2D eigenvalue weighted by atomic mass is 19.1. The quantitative estimate of drug-likeness (QED) is 0.812. The zero-order valence-corrected chi connectivity index (χ0v) is 10.3. The molecule has 1 aromatic rings. The van der Waals surface area contributed by atoms with Crippen LogP contribution >= 0.6 is 0 Å². The molecule has 2 rings (SSSR count). The van der Waals surface area contributed by atoms with Gasteiger partial charge in [-0.3, -0.25) is 0 Å². The van der Waals surface area contributed by atoms with Gasteiger partial charge in [0, 0.05) is 6.07 Å². The average Bonchev–Trinajstić information content (AvgIpc) is 2.34. The summed E-state index contributed by atoms with van der Waals surface area (Å²) < 4.78 is 19.2. The zero-order chi connectivity index (χ0) is 12.3. The van der Waals surface area contributed by atoms with E-state index in [9.17, 15) is 4.39 Å². The van der Waals surface area contributed by atoms with Crippen molar-refractivity contribution in [3.63, 3.8) is 0 Å². The van der Waals surface area contributed by atoms with Gasteiger partial charge < -0.3 is 10.5 Å². The first-order valence-electron chi connectivity index (χ1n) is 6.42. The van der Waals surface area contributed by atoms with Crippen LogP contribution in [0.2, 0.25) is 0 Å². The van der Waals surface area contributed by atoms with Gasteiger partial charge in [-0.1, -0.05) is 13.3 Å². The summed E-state index contributed by atoms with van der Waals surface area (Å²) in [6, 6.07) is 4.70. The topological polar surface area (TPSA) is 35.2 Å². The lowest BCUT2D eigenvalue weighted by molar-refractivity contribution is 0.0901. The zero-order valence-electron chi connectivity index (χ0n) is 10.3. The first kappa shape index (κ1) is 12.2. The number of benzene rings is 1. The molecule has 94 valence electrons. The van der Waals surface area contributed by atoms with Gasteiger partial charge in [-0.25, -0.2) is 4.39 Å². The van der Waals surface area contributed by atoms with Crippen molar-refractivity contribution in [1.29, 1.82) is 0 Å². The van der Waals surface area contributed by atoms with E-state index < -0.39 is 5.82 Å². The number of nitrogens with two attached hydrogens (primary N) is 1. The van der Waals surface area contributed by atoms with Crippen molar-refractivity contribution in [2.75, 3.05) is 5.73 Å². The summed E-state index contributed by atoms with van der Waals surface area (Å²) in [6.07, 6.45) is 6.15. The molecule has 1 saturated carbocycles. The predicted octanol–water partition coefficient (Wildman–Crippen LogP) is 3.76. The van der Waals surface area contributed by atoms with E-state index in [1.54, 1.807) is 12.1 Å². The monoisotopic (exact) mass is 237 g/mol. The van der Waals surface area contributed by atoms with E-state index >= 15 is 0 Å². The smallest absolute Gasteiger partial charge is 0.149 e. The van der Waals surface area contributed by atoms with Crippen molar-refractivity contribution in [3.05, 3.63) is 24.0 Å². The van der Waals surface area contributed by atoms with Gasteiger partial charge in [-0.2, -0.15) is 0 Å². The molecule has 1 aromatic carbocycles. The minimum atomic E-state index is -0.397. The van der Waals surface area contributed by atoms with Gasteiger partial charge >= 0.3 is 0 Å². The average molecular weight is 237 g/mol. The van der Waals surface area contributed by atoms with Gasteiger partial charge in [-0.05, 0) is 43.7 Å². The van der Waals surface area contributed by atoms with E-state index in [0.29, 0.717) is 11.7 Å². The molecule has 0 aliphatic heterocycles. The van der Waals surface area contributed by atoms with Crippen LogP contribution in [-0.4, -0.2) is 6.10 Å². The van der Waals surface area contributed by atoms with Crippen LogP contribution < -0.4 is 10.5 Å². The lowest BCUT2D eigenvalue weighted by Gasteiger charge is -2.31. The van der Waals surface area contributed by atoms with E-state index in [1.807, 2.05) is 0 Å². The molecule has 17 heavy (non-hydrogen) atoms. The molecule has 0 amide bonds. The van der Waals surface area contributed by atoms with E-state index in [1.165, 1.54) is 25.3 Å². The summed E-state index contributed by atoms with van der Waals surface area (Å²) in [5, 5.41) is 0. The fourth-order valence-electron chi connectivity index (χ4n) is 2.55. The van der Waals surface area contributed by atoms with Crippen molar-refractivity contribution in [1.82, 2.24) is 0 Å². The van der Waals surface area contributed by atoms with Crippen LogP contribution in [0, 0.1) is 11.7 Å². The molecule has 0 aromatic heterocycles. The molecule has 0 heterocycles. The van der Waals surface area contributed by atoms with Crippen molar-refractivity contribution >= 4 is 5.69 Å². The molecule has 3 heteroatoms. The Morgan fingerprint density at radius 2 is 2.12 bits per heavy atom. The number of rotatable bonds is 3. The molecule has 2 N–H and O–H groups in total. The van der Waals surface area contributed by atoms with Gasteiger partial charge in [0.25, 0.3) is 0 Å². The maximum absolute atomic E-state index is 13.3. The molecule has 0 radical (unpaired) electrons. The third kappa shape index (κ3) is 2.90. The summed E-state index contributed by atoms with van der Waals surface area (Å²) in [4.78, 5) is 0. The van der Waals surface area contributed by atoms with Gasteiger partial charge in [0.2, 0.25) is 0 Å². The molecule has 2 nitrogen and oxygen atoms in total. The summed E-state index contributed by atoms with van der Waals surface area (Å²) in [5.41, 5.74) is 5.62. The van der Waals surface area contributed by atoms with Gasteiger partial charge in [0.05, 0.1) is 5.69 Å². The molecule has 1 fully saturated rings.